The van der Waals surface area contributed by atoms with Crippen LogP contribution in [0.15, 0.2) is 24.3 Å². The summed E-state index contributed by atoms with van der Waals surface area (Å²) in [5.74, 6) is 0.449. The van der Waals surface area contributed by atoms with E-state index in [0.29, 0.717) is 5.75 Å². The number of hydrogen-bond acceptors (Lipinski definition) is 3. The van der Waals surface area contributed by atoms with Crippen molar-refractivity contribution in [3.63, 3.8) is 0 Å². The minimum absolute atomic E-state index is 0.0556. The Labute approximate surface area is 126 Å². The lowest BCUT2D eigenvalue weighted by atomic mass is 10.1. The van der Waals surface area contributed by atoms with Crippen LogP contribution in [0, 0.1) is 0 Å². The summed E-state index contributed by atoms with van der Waals surface area (Å²) in [6.45, 7) is 5.77. The molecule has 0 bridgehead atoms. The Balaban J connectivity index is 2.56. The zero-order valence-corrected chi connectivity index (χ0v) is 13.4. The zero-order chi connectivity index (χ0) is 16.0. The van der Waals surface area contributed by atoms with Crippen LogP contribution in [0.2, 0.25) is 0 Å². The van der Waals surface area contributed by atoms with Gasteiger partial charge in [0.2, 0.25) is 11.8 Å². The van der Waals surface area contributed by atoms with Gasteiger partial charge in [0.1, 0.15) is 5.75 Å². The highest BCUT2D eigenvalue weighted by atomic mass is 16.5. The molecule has 5 nitrogen and oxygen atoms in total. The van der Waals surface area contributed by atoms with Crippen molar-refractivity contribution < 1.29 is 14.3 Å². The molecular weight excluding hydrogens is 268 g/mol. The summed E-state index contributed by atoms with van der Waals surface area (Å²) in [6, 6.07) is 7.35. The number of methoxy groups -OCH3 is 1. The highest BCUT2D eigenvalue weighted by Gasteiger charge is 2.18. The van der Waals surface area contributed by atoms with Crippen LogP contribution in [0.4, 0.5) is 0 Å². The Hall–Kier alpha value is -2.04. The van der Waals surface area contributed by atoms with Crippen molar-refractivity contribution in [3.05, 3.63) is 29.8 Å². The number of rotatable bonds is 5. The molecule has 1 aromatic carbocycles. The second-order valence-electron chi connectivity index (χ2n) is 6.08. The highest BCUT2D eigenvalue weighted by molar-refractivity contribution is 5.85. The van der Waals surface area contributed by atoms with Crippen LogP contribution in [0.3, 0.4) is 0 Å². The number of likely N-dealkylation sites (N-methyl/N-ethyl adjacent to an activating group) is 1. The molecule has 0 atom stereocenters. The maximum atomic E-state index is 12.1. The number of carbonyl (C=O) groups excluding carboxylic acids is 2. The Morgan fingerprint density at radius 2 is 1.95 bits per heavy atom. The molecule has 2 amide bonds. The second kappa shape index (κ2) is 7.11. The van der Waals surface area contributed by atoms with Gasteiger partial charge in [-0.05, 0) is 38.5 Å². The molecule has 0 aliphatic rings. The second-order valence-corrected chi connectivity index (χ2v) is 6.08. The van der Waals surface area contributed by atoms with Gasteiger partial charge in [0.25, 0.3) is 0 Å². The van der Waals surface area contributed by atoms with Gasteiger partial charge in [-0.25, -0.2) is 0 Å². The summed E-state index contributed by atoms with van der Waals surface area (Å²) < 4.78 is 5.13. The molecule has 0 saturated heterocycles. The number of carbonyl (C=O) groups is 2. The van der Waals surface area contributed by atoms with Gasteiger partial charge in [0.15, 0.2) is 0 Å². The van der Waals surface area contributed by atoms with E-state index >= 15 is 0 Å². The van der Waals surface area contributed by atoms with E-state index in [0.717, 1.165) is 5.56 Å². The quantitative estimate of drug-likeness (QED) is 0.897. The van der Waals surface area contributed by atoms with Crippen LogP contribution in [0.1, 0.15) is 26.3 Å². The van der Waals surface area contributed by atoms with Crippen molar-refractivity contribution in [1.29, 1.82) is 0 Å². The molecule has 0 aliphatic carbocycles. The minimum Gasteiger partial charge on any atom is -0.497 e. The number of hydrogen-bond donors (Lipinski definition) is 1. The Morgan fingerprint density at radius 3 is 2.52 bits per heavy atom. The molecule has 21 heavy (non-hydrogen) atoms. The smallest absolute Gasteiger partial charge is 0.240 e. The molecule has 0 unspecified atom stereocenters. The third-order valence-corrected chi connectivity index (χ3v) is 2.81. The van der Waals surface area contributed by atoms with Gasteiger partial charge in [0.05, 0.1) is 20.1 Å². The normalized spacial score (nSPS) is 10.9. The van der Waals surface area contributed by atoms with E-state index in [4.69, 9.17) is 4.74 Å². The molecule has 0 aliphatic heterocycles. The summed E-state index contributed by atoms with van der Waals surface area (Å²) in [6.07, 6.45) is 0.247. The first-order valence-corrected chi connectivity index (χ1v) is 6.89. The van der Waals surface area contributed by atoms with Gasteiger partial charge in [-0.15, -0.1) is 0 Å². The fourth-order valence-electron chi connectivity index (χ4n) is 1.85. The van der Waals surface area contributed by atoms with Crippen molar-refractivity contribution in [1.82, 2.24) is 10.2 Å². The average molecular weight is 292 g/mol. The average Bonchev–Trinajstić information content (AvgIpc) is 2.36. The highest BCUT2D eigenvalue weighted by Crippen LogP contribution is 2.13. The van der Waals surface area contributed by atoms with E-state index in [2.05, 4.69) is 5.32 Å². The molecule has 1 rings (SSSR count). The summed E-state index contributed by atoms with van der Waals surface area (Å²) in [4.78, 5) is 25.4. The molecule has 1 N–H and O–H groups in total. The molecule has 0 spiro atoms. The monoisotopic (exact) mass is 292 g/mol. The topological polar surface area (TPSA) is 58.6 Å². The Morgan fingerprint density at radius 1 is 1.29 bits per heavy atom. The first kappa shape index (κ1) is 17.0. The van der Waals surface area contributed by atoms with Gasteiger partial charge in [-0.3, -0.25) is 9.59 Å². The fraction of sp³-hybridized carbons (Fsp3) is 0.500. The van der Waals surface area contributed by atoms with E-state index in [-0.39, 0.29) is 30.3 Å². The third kappa shape index (κ3) is 6.29. The van der Waals surface area contributed by atoms with Crippen LogP contribution in [0.25, 0.3) is 0 Å². The molecular formula is C16H24N2O3. The lowest BCUT2D eigenvalue weighted by Crippen LogP contribution is -2.46. The number of nitrogens with one attached hydrogen (secondary N) is 1. The van der Waals surface area contributed by atoms with E-state index in [1.807, 2.05) is 45.0 Å². The molecule has 1 aromatic rings. The molecule has 5 heteroatoms. The van der Waals surface area contributed by atoms with E-state index < -0.39 is 0 Å². The molecule has 0 radical (unpaired) electrons. The van der Waals surface area contributed by atoms with Crippen molar-refractivity contribution in [2.75, 3.05) is 20.7 Å². The first-order valence-electron chi connectivity index (χ1n) is 6.89. The lowest BCUT2D eigenvalue weighted by Gasteiger charge is -2.23. The van der Waals surface area contributed by atoms with Crippen molar-refractivity contribution in [2.45, 2.75) is 32.7 Å². The van der Waals surface area contributed by atoms with Gasteiger partial charge in [-0.1, -0.05) is 12.1 Å². The molecule has 0 saturated carbocycles. The molecule has 116 valence electrons. The maximum absolute atomic E-state index is 12.1. The summed E-state index contributed by atoms with van der Waals surface area (Å²) in [5.41, 5.74) is 0.566. The molecule has 0 heterocycles. The van der Waals surface area contributed by atoms with Gasteiger partial charge in [-0.2, -0.15) is 0 Å². The van der Waals surface area contributed by atoms with E-state index in [1.54, 1.807) is 14.2 Å². The lowest BCUT2D eigenvalue weighted by molar-refractivity contribution is -0.134. The van der Waals surface area contributed by atoms with Crippen LogP contribution >= 0.6 is 0 Å². The SMILES string of the molecule is COc1cccc(CC(=O)N(C)CC(=O)NC(C)(C)C)c1. The summed E-state index contributed by atoms with van der Waals surface area (Å²) >= 11 is 0. The van der Waals surface area contributed by atoms with E-state index in [1.165, 1.54) is 4.90 Å². The maximum Gasteiger partial charge on any atom is 0.240 e. The Kier molecular flexibility index (Phi) is 5.76. The van der Waals surface area contributed by atoms with Crippen LogP contribution in [-0.4, -0.2) is 43.0 Å². The first-order chi connectivity index (χ1) is 9.71. The van der Waals surface area contributed by atoms with Crippen molar-refractivity contribution >= 4 is 11.8 Å². The van der Waals surface area contributed by atoms with Gasteiger partial charge >= 0.3 is 0 Å². The fourth-order valence-corrected chi connectivity index (χ4v) is 1.85. The van der Waals surface area contributed by atoms with Gasteiger partial charge in [0, 0.05) is 12.6 Å². The van der Waals surface area contributed by atoms with Crippen LogP contribution in [-0.2, 0) is 16.0 Å². The number of ether oxygens (including phenoxy) is 1. The predicted octanol–water partition coefficient (Wildman–Crippen LogP) is 1.61. The summed E-state index contributed by atoms with van der Waals surface area (Å²) in [5, 5.41) is 2.83. The zero-order valence-electron chi connectivity index (χ0n) is 13.4. The van der Waals surface area contributed by atoms with Gasteiger partial charge < -0.3 is 15.0 Å². The number of benzene rings is 1. The van der Waals surface area contributed by atoms with Crippen molar-refractivity contribution in [3.8, 4) is 5.75 Å². The number of amides is 2. The summed E-state index contributed by atoms with van der Waals surface area (Å²) in [7, 11) is 3.22. The van der Waals surface area contributed by atoms with Crippen LogP contribution in [0.5, 0.6) is 5.75 Å². The van der Waals surface area contributed by atoms with Crippen LogP contribution < -0.4 is 10.1 Å². The number of nitrogens with zero attached hydrogens (tertiary/aromatic N) is 1. The third-order valence-electron chi connectivity index (χ3n) is 2.81. The Bertz CT molecular complexity index is 506. The predicted molar refractivity (Wildman–Crippen MR) is 82.2 cm³/mol. The van der Waals surface area contributed by atoms with Crippen molar-refractivity contribution in [2.24, 2.45) is 0 Å². The van der Waals surface area contributed by atoms with E-state index in [9.17, 15) is 9.59 Å². The largest absolute Gasteiger partial charge is 0.497 e. The standard InChI is InChI=1S/C16H24N2O3/c1-16(2,3)17-14(19)11-18(4)15(20)10-12-7-6-8-13(9-12)21-5/h6-9H,10-11H2,1-5H3,(H,17,19). The minimum atomic E-state index is -0.298. The molecule has 0 fully saturated rings. The molecule has 0 aromatic heterocycles.